The summed E-state index contributed by atoms with van der Waals surface area (Å²) in [6, 6.07) is 10.0. The number of benzene rings is 1. The van der Waals surface area contributed by atoms with Gasteiger partial charge in [-0.3, -0.25) is 0 Å². The van der Waals surface area contributed by atoms with Gasteiger partial charge in [-0.05, 0) is 43.2 Å². The summed E-state index contributed by atoms with van der Waals surface area (Å²) in [4.78, 5) is 4.70. The van der Waals surface area contributed by atoms with E-state index in [2.05, 4.69) is 23.6 Å². The van der Waals surface area contributed by atoms with Crippen LogP contribution in [-0.2, 0) is 5.88 Å². The predicted molar refractivity (Wildman–Crippen MR) is 84.7 cm³/mol. The van der Waals surface area contributed by atoms with E-state index in [1.165, 1.54) is 5.56 Å². The number of nitrogens with zero attached hydrogens (tertiary/aromatic N) is 2. The smallest absolute Gasteiger partial charge is 0.137 e. The van der Waals surface area contributed by atoms with E-state index in [9.17, 15) is 0 Å². The molecule has 4 heteroatoms. The lowest BCUT2D eigenvalue weighted by Crippen LogP contribution is -1.92. The molecule has 0 aliphatic carbocycles. The maximum atomic E-state index is 6.14. The van der Waals surface area contributed by atoms with Crippen LogP contribution in [0.25, 0.3) is 16.9 Å². The van der Waals surface area contributed by atoms with Gasteiger partial charge in [0.1, 0.15) is 5.65 Å². The molecule has 0 unspecified atom stereocenters. The highest BCUT2D eigenvalue weighted by Crippen LogP contribution is 2.29. The zero-order chi connectivity index (χ0) is 14.3. The molecular weight excluding hydrogens is 291 g/mol. The fourth-order valence-corrected chi connectivity index (χ4v) is 2.72. The molecule has 102 valence electrons. The normalized spacial score (nSPS) is 11.2. The number of imidazole rings is 1. The number of pyridine rings is 1. The van der Waals surface area contributed by atoms with E-state index in [-0.39, 0.29) is 0 Å². The lowest BCUT2D eigenvalue weighted by Gasteiger charge is -2.04. The Balaban J connectivity index is 2.27. The van der Waals surface area contributed by atoms with Crippen LogP contribution in [0.3, 0.4) is 0 Å². The summed E-state index contributed by atoms with van der Waals surface area (Å²) in [6.07, 6.45) is 2.06. The minimum Gasteiger partial charge on any atom is -0.302 e. The summed E-state index contributed by atoms with van der Waals surface area (Å²) in [6.45, 7) is 4.05. The van der Waals surface area contributed by atoms with Crippen molar-refractivity contribution < 1.29 is 0 Å². The summed E-state index contributed by atoms with van der Waals surface area (Å²) >= 11 is 12.2. The van der Waals surface area contributed by atoms with Crippen LogP contribution < -0.4 is 0 Å². The molecule has 20 heavy (non-hydrogen) atoms. The Labute approximate surface area is 128 Å². The van der Waals surface area contributed by atoms with Gasteiger partial charge in [0.25, 0.3) is 0 Å². The van der Waals surface area contributed by atoms with E-state index in [1.54, 1.807) is 0 Å². The average molecular weight is 305 g/mol. The zero-order valence-corrected chi connectivity index (χ0v) is 12.8. The third-order valence-corrected chi connectivity index (χ3v) is 4.10. The molecule has 1 aromatic carbocycles. The van der Waals surface area contributed by atoms with Gasteiger partial charge in [0.05, 0.1) is 17.3 Å². The number of halogens is 2. The second-order valence-electron chi connectivity index (χ2n) is 4.94. The Morgan fingerprint density at radius 3 is 2.65 bits per heavy atom. The lowest BCUT2D eigenvalue weighted by atomic mass is 10.1. The number of hydrogen-bond acceptors (Lipinski definition) is 1. The molecule has 2 nitrogen and oxygen atoms in total. The number of alkyl halides is 1. The molecule has 0 fully saturated rings. The molecule has 3 rings (SSSR count). The zero-order valence-electron chi connectivity index (χ0n) is 11.3. The fourth-order valence-electron chi connectivity index (χ4n) is 2.35. The first-order valence-electron chi connectivity index (χ1n) is 6.40. The highest BCUT2D eigenvalue weighted by atomic mass is 35.5. The highest BCUT2D eigenvalue weighted by molar-refractivity contribution is 6.31. The number of aryl methyl sites for hydroxylation is 2. The Morgan fingerprint density at radius 2 is 1.95 bits per heavy atom. The Kier molecular flexibility index (Phi) is 3.45. The van der Waals surface area contributed by atoms with Crippen LogP contribution in [0, 0.1) is 13.8 Å². The molecule has 0 spiro atoms. The van der Waals surface area contributed by atoms with Gasteiger partial charge in [0.2, 0.25) is 0 Å². The summed E-state index contributed by atoms with van der Waals surface area (Å²) in [7, 11) is 0. The summed E-state index contributed by atoms with van der Waals surface area (Å²) in [5.41, 5.74) is 6.10. The topological polar surface area (TPSA) is 17.3 Å². The number of rotatable bonds is 2. The Hall–Kier alpha value is -1.51. The van der Waals surface area contributed by atoms with E-state index in [0.29, 0.717) is 5.88 Å². The Bertz CT molecular complexity index is 791. The van der Waals surface area contributed by atoms with Crippen LogP contribution >= 0.6 is 23.2 Å². The molecule has 0 radical (unpaired) electrons. The third-order valence-electron chi connectivity index (χ3n) is 3.42. The van der Waals surface area contributed by atoms with Crippen LogP contribution in [0.2, 0.25) is 5.02 Å². The van der Waals surface area contributed by atoms with Gasteiger partial charge in [-0.2, -0.15) is 0 Å². The molecule has 0 atom stereocenters. The van der Waals surface area contributed by atoms with Crippen LogP contribution in [0.5, 0.6) is 0 Å². The van der Waals surface area contributed by atoms with Gasteiger partial charge < -0.3 is 4.40 Å². The molecule has 0 bridgehead atoms. The highest BCUT2D eigenvalue weighted by Gasteiger charge is 2.13. The fraction of sp³-hybridized carbons (Fsp3) is 0.188. The van der Waals surface area contributed by atoms with Crippen molar-refractivity contribution in [1.82, 2.24) is 9.38 Å². The average Bonchev–Trinajstić information content (AvgIpc) is 2.79. The van der Waals surface area contributed by atoms with E-state index < -0.39 is 0 Å². The quantitative estimate of drug-likeness (QED) is 0.608. The molecular formula is C16H14Cl2N2. The van der Waals surface area contributed by atoms with Crippen molar-refractivity contribution in [3.8, 4) is 11.3 Å². The van der Waals surface area contributed by atoms with Crippen molar-refractivity contribution in [2.24, 2.45) is 0 Å². The van der Waals surface area contributed by atoms with E-state index >= 15 is 0 Å². The minimum absolute atomic E-state index is 0.418. The Morgan fingerprint density at radius 1 is 1.15 bits per heavy atom. The third kappa shape index (κ3) is 2.19. The van der Waals surface area contributed by atoms with Crippen molar-refractivity contribution in [1.29, 1.82) is 0 Å². The predicted octanol–water partition coefficient (Wildman–Crippen LogP) is 5.01. The second kappa shape index (κ2) is 5.12. The molecule has 0 aliphatic heterocycles. The van der Waals surface area contributed by atoms with Crippen molar-refractivity contribution >= 4 is 28.8 Å². The standard InChI is InChI=1S/C16H14Cl2N2/c1-10-3-6-15-19-16(14(8-17)20(15)9-10)12-4-5-13(18)11(2)7-12/h3-7,9H,8H2,1-2H3. The lowest BCUT2D eigenvalue weighted by molar-refractivity contribution is 1.07. The van der Waals surface area contributed by atoms with Crippen LogP contribution in [-0.4, -0.2) is 9.38 Å². The van der Waals surface area contributed by atoms with Crippen molar-refractivity contribution in [3.05, 3.63) is 58.4 Å². The summed E-state index contributed by atoms with van der Waals surface area (Å²) in [5.74, 6) is 0.418. The van der Waals surface area contributed by atoms with Crippen LogP contribution in [0.1, 0.15) is 16.8 Å². The van der Waals surface area contributed by atoms with E-state index in [1.807, 2.05) is 31.2 Å². The molecule has 0 N–H and O–H groups in total. The first-order valence-corrected chi connectivity index (χ1v) is 7.31. The van der Waals surface area contributed by atoms with Gasteiger partial charge in [-0.1, -0.05) is 23.7 Å². The molecule has 0 saturated carbocycles. The molecule has 0 saturated heterocycles. The number of aromatic nitrogens is 2. The van der Waals surface area contributed by atoms with Crippen molar-refractivity contribution in [3.63, 3.8) is 0 Å². The summed E-state index contributed by atoms with van der Waals surface area (Å²) < 4.78 is 2.06. The van der Waals surface area contributed by atoms with E-state index in [0.717, 1.165) is 33.2 Å². The molecule has 0 amide bonds. The molecule has 2 heterocycles. The van der Waals surface area contributed by atoms with Crippen molar-refractivity contribution in [2.75, 3.05) is 0 Å². The number of fused-ring (bicyclic) bond motifs is 1. The van der Waals surface area contributed by atoms with E-state index in [4.69, 9.17) is 28.2 Å². The first kappa shape index (κ1) is 13.5. The van der Waals surface area contributed by atoms with Gasteiger partial charge in [-0.15, -0.1) is 11.6 Å². The first-order chi connectivity index (χ1) is 9.60. The van der Waals surface area contributed by atoms with Gasteiger partial charge in [0, 0.05) is 16.8 Å². The van der Waals surface area contributed by atoms with Crippen molar-refractivity contribution in [2.45, 2.75) is 19.7 Å². The summed E-state index contributed by atoms with van der Waals surface area (Å²) in [5, 5.41) is 0.765. The molecule has 0 aliphatic rings. The largest absolute Gasteiger partial charge is 0.302 e. The van der Waals surface area contributed by atoms with Gasteiger partial charge in [0.15, 0.2) is 0 Å². The maximum absolute atomic E-state index is 6.14. The maximum Gasteiger partial charge on any atom is 0.137 e. The second-order valence-corrected chi connectivity index (χ2v) is 5.61. The number of hydrogen-bond donors (Lipinski definition) is 0. The van der Waals surface area contributed by atoms with Crippen LogP contribution in [0.4, 0.5) is 0 Å². The SMILES string of the molecule is Cc1ccc2nc(-c3ccc(Cl)c(C)c3)c(CCl)n2c1. The molecule has 3 aromatic rings. The molecule has 2 aromatic heterocycles. The van der Waals surface area contributed by atoms with Gasteiger partial charge >= 0.3 is 0 Å². The van der Waals surface area contributed by atoms with Crippen LogP contribution in [0.15, 0.2) is 36.5 Å². The van der Waals surface area contributed by atoms with Gasteiger partial charge in [-0.25, -0.2) is 4.98 Å². The minimum atomic E-state index is 0.418. The monoisotopic (exact) mass is 304 g/mol.